The van der Waals surface area contributed by atoms with Crippen LogP contribution in [0.4, 0.5) is 9.59 Å². The summed E-state index contributed by atoms with van der Waals surface area (Å²) in [6, 6.07) is 16.0. The van der Waals surface area contributed by atoms with Gasteiger partial charge in [0.25, 0.3) is 0 Å². The van der Waals surface area contributed by atoms with Crippen molar-refractivity contribution in [2.24, 2.45) is 0 Å². The van der Waals surface area contributed by atoms with Crippen LogP contribution in [-0.4, -0.2) is 61.1 Å². The predicted molar refractivity (Wildman–Crippen MR) is 141 cm³/mol. The van der Waals surface area contributed by atoms with E-state index in [1.54, 1.807) is 20.8 Å². The van der Waals surface area contributed by atoms with Gasteiger partial charge in [0.05, 0.1) is 6.42 Å². The van der Waals surface area contributed by atoms with E-state index in [1.807, 2.05) is 24.3 Å². The molecule has 4 N–H and O–H groups in total. The minimum absolute atomic E-state index is 0.0160. The number of carboxylic acids is 1. The van der Waals surface area contributed by atoms with Crippen molar-refractivity contribution in [1.29, 1.82) is 0 Å². The Kier molecular flexibility index (Phi) is 9.91. The fraction of sp³-hybridized carbons (Fsp3) is 0.464. The fourth-order valence-electron chi connectivity index (χ4n) is 4.36. The first kappa shape index (κ1) is 28.0. The third-order valence-electron chi connectivity index (χ3n) is 5.97. The molecule has 9 heteroatoms. The first-order valence-corrected chi connectivity index (χ1v) is 12.6. The third-order valence-corrected chi connectivity index (χ3v) is 5.97. The molecule has 9 nitrogen and oxygen atoms in total. The minimum atomic E-state index is -0.893. The van der Waals surface area contributed by atoms with E-state index in [0.717, 1.165) is 22.3 Å². The third kappa shape index (κ3) is 8.78. The van der Waals surface area contributed by atoms with Gasteiger partial charge in [0.1, 0.15) is 12.2 Å². The quantitative estimate of drug-likeness (QED) is 0.314. The van der Waals surface area contributed by atoms with Crippen molar-refractivity contribution in [3.63, 3.8) is 0 Å². The second kappa shape index (κ2) is 13.1. The first-order valence-electron chi connectivity index (χ1n) is 12.6. The first-order chi connectivity index (χ1) is 17.6. The Labute approximate surface area is 217 Å². The molecule has 0 bridgehead atoms. The molecule has 2 aromatic carbocycles. The van der Waals surface area contributed by atoms with Crippen molar-refractivity contribution in [2.45, 2.75) is 57.6 Å². The van der Waals surface area contributed by atoms with E-state index in [0.29, 0.717) is 25.9 Å². The number of carboxylic acid groups (broad SMARTS) is 1. The van der Waals surface area contributed by atoms with Crippen molar-refractivity contribution >= 4 is 18.2 Å². The zero-order valence-corrected chi connectivity index (χ0v) is 21.7. The Bertz CT molecular complexity index is 1040. The van der Waals surface area contributed by atoms with Crippen LogP contribution in [0.5, 0.6) is 0 Å². The molecule has 0 aromatic heterocycles. The van der Waals surface area contributed by atoms with Gasteiger partial charge in [-0.2, -0.15) is 0 Å². The molecular formula is C28H37N3O6. The van der Waals surface area contributed by atoms with Crippen LogP contribution in [0.1, 0.15) is 57.1 Å². The minimum Gasteiger partial charge on any atom is -0.481 e. The average molecular weight is 512 g/mol. The summed E-state index contributed by atoms with van der Waals surface area (Å²) in [5.41, 5.74) is 4.01. The number of ether oxygens (including phenoxy) is 2. The standard InChI is InChI=1S/C28H37N3O6/c1-28(2,3)37-26(34)30-15-8-9-19(17-29-16-14-25(32)33)31-27(35)36-18-24-22-12-6-4-10-20(22)21-11-5-7-13-23(21)24/h4-7,10-13,19,24,29H,8-9,14-18H2,1-3H3,(H,30,34)(H,31,35)(H,32,33)/t19-/m0/s1. The smallest absolute Gasteiger partial charge is 0.407 e. The van der Waals surface area contributed by atoms with Crippen LogP contribution in [0, 0.1) is 0 Å². The molecule has 0 unspecified atom stereocenters. The monoisotopic (exact) mass is 511 g/mol. The van der Waals surface area contributed by atoms with Crippen molar-refractivity contribution in [1.82, 2.24) is 16.0 Å². The normalized spacial score (nSPS) is 13.3. The van der Waals surface area contributed by atoms with Gasteiger partial charge in [-0.1, -0.05) is 48.5 Å². The summed E-state index contributed by atoms with van der Waals surface area (Å²) in [7, 11) is 0. The lowest BCUT2D eigenvalue weighted by Gasteiger charge is -2.21. The number of aliphatic carboxylic acids is 1. The van der Waals surface area contributed by atoms with E-state index in [4.69, 9.17) is 14.6 Å². The lowest BCUT2D eigenvalue weighted by molar-refractivity contribution is -0.136. The Hall–Kier alpha value is -3.59. The predicted octanol–water partition coefficient (Wildman–Crippen LogP) is 4.26. The summed E-state index contributed by atoms with van der Waals surface area (Å²) in [5.74, 6) is -0.932. The van der Waals surface area contributed by atoms with Crippen molar-refractivity contribution < 1.29 is 29.0 Å². The Morgan fingerprint density at radius 2 is 1.57 bits per heavy atom. The van der Waals surface area contributed by atoms with E-state index < -0.39 is 23.8 Å². The SMILES string of the molecule is CC(C)(C)OC(=O)NCCC[C@@H](CNCCC(=O)O)NC(=O)OCC1c2ccccc2-c2ccccc21. The van der Waals surface area contributed by atoms with Gasteiger partial charge in [0.2, 0.25) is 0 Å². The summed E-state index contributed by atoms with van der Waals surface area (Å²) in [6.45, 7) is 6.64. The van der Waals surface area contributed by atoms with E-state index in [2.05, 4.69) is 40.2 Å². The van der Waals surface area contributed by atoms with Gasteiger partial charge < -0.3 is 30.5 Å². The molecule has 37 heavy (non-hydrogen) atoms. The highest BCUT2D eigenvalue weighted by Gasteiger charge is 2.29. The molecule has 0 spiro atoms. The summed E-state index contributed by atoms with van der Waals surface area (Å²) < 4.78 is 10.9. The van der Waals surface area contributed by atoms with Crippen LogP contribution in [0.3, 0.4) is 0 Å². The van der Waals surface area contributed by atoms with Crippen LogP contribution in [0.2, 0.25) is 0 Å². The molecule has 0 radical (unpaired) electrons. The van der Waals surface area contributed by atoms with Crippen LogP contribution in [0.25, 0.3) is 11.1 Å². The van der Waals surface area contributed by atoms with Gasteiger partial charge in [0, 0.05) is 31.6 Å². The maximum Gasteiger partial charge on any atom is 0.407 e. The number of hydrogen-bond donors (Lipinski definition) is 4. The largest absolute Gasteiger partial charge is 0.481 e. The van der Waals surface area contributed by atoms with Crippen LogP contribution >= 0.6 is 0 Å². The summed E-state index contributed by atoms with van der Waals surface area (Å²) >= 11 is 0. The highest BCUT2D eigenvalue weighted by molar-refractivity contribution is 5.79. The zero-order chi connectivity index (χ0) is 26.8. The van der Waals surface area contributed by atoms with Gasteiger partial charge in [-0.25, -0.2) is 9.59 Å². The number of rotatable bonds is 12. The second-order valence-corrected chi connectivity index (χ2v) is 10.1. The van der Waals surface area contributed by atoms with Crippen LogP contribution < -0.4 is 16.0 Å². The number of alkyl carbamates (subject to hydrolysis) is 2. The molecule has 3 rings (SSSR count). The molecule has 2 aromatic rings. The number of hydrogen-bond acceptors (Lipinski definition) is 6. The number of benzene rings is 2. The Balaban J connectivity index is 1.52. The Morgan fingerprint density at radius 3 is 2.16 bits per heavy atom. The van der Waals surface area contributed by atoms with Crippen molar-refractivity contribution in [3.8, 4) is 11.1 Å². The van der Waals surface area contributed by atoms with Gasteiger partial charge in [0.15, 0.2) is 0 Å². The average Bonchev–Trinajstić information content (AvgIpc) is 3.15. The van der Waals surface area contributed by atoms with E-state index in [9.17, 15) is 14.4 Å². The maximum absolute atomic E-state index is 12.7. The lowest BCUT2D eigenvalue weighted by atomic mass is 9.98. The highest BCUT2D eigenvalue weighted by Crippen LogP contribution is 2.44. The van der Waals surface area contributed by atoms with E-state index in [1.165, 1.54) is 0 Å². The van der Waals surface area contributed by atoms with Crippen LogP contribution in [-0.2, 0) is 14.3 Å². The molecule has 1 aliphatic rings. The lowest BCUT2D eigenvalue weighted by Crippen LogP contribution is -2.43. The molecule has 0 saturated carbocycles. The number of carbonyl (C=O) groups excluding carboxylic acids is 2. The molecular weight excluding hydrogens is 474 g/mol. The number of nitrogens with one attached hydrogen (secondary N) is 3. The van der Waals surface area contributed by atoms with Crippen LogP contribution in [0.15, 0.2) is 48.5 Å². The van der Waals surface area contributed by atoms with Gasteiger partial charge in [-0.15, -0.1) is 0 Å². The fourth-order valence-corrected chi connectivity index (χ4v) is 4.36. The van der Waals surface area contributed by atoms with Crippen molar-refractivity contribution in [2.75, 3.05) is 26.2 Å². The van der Waals surface area contributed by atoms with E-state index in [-0.39, 0.29) is 31.5 Å². The van der Waals surface area contributed by atoms with E-state index >= 15 is 0 Å². The molecule has 2 amide bonds. The molecule has 1 aliphatic carbocycles. The highest BCUT2D eigenvalue weighted by atomic mass is 16.6. The molecule has 200 valence electrons. The number of amides is 2. The summed E-state index contributed by atoms with van der Waals surface area (Å²) in [4.78, 5) is 35.4. The maximum atomic E-state index is 12.7. The van der Waals surface area contributed by atoms with Gasteiger partial charge in [-0.3, -0.25) is 4.79 Å². The molecule has 0 aliphatic heterocycles. The van der Waals surface area contributed by atoms with Crippen molar-refractivity contribution in [3.05, 3.63) is 59.7 Å². The summed E-state index contributed by atoms with van der Waals surface area (Å²) in [6.07, 6.45) is 0.103. The molecule has 0 fully saturated rings. The molecule has 1 atom stereocenters. The number of fused-ring (bicyclic) bond motifs is 3. The van der Waals surface area contributed by atoms with Gasteiger partial charge >= 0.3 is 18.2 Å². The second-order valence-electron chi connectivity index (χ2n) is 10.1. The molecule has 0 heterocycles. The molecule has 0 saturated heterocycles. The van der Waals surface area contributed by atoms with Gasteiger partial charge in [-0.05, 0) is 55.9 Å². The summed E-state index contributed by atoms with van der Waals surface area (Å²) in [5, 5.41) is 17.5. The Morgan fingerprint density at radius 1 is 0.946 bits per heavy atom. The topological polar surface area (TPSA) is 126 Å². The number of carbonyl (C=O) groups is 3. The zero-order valence-electron chi connectivity index (χ0n) is 21.7.